The van der Waals surface area contributed by atoms with Gasteiger partial charge in [0.25, 0.3) is 0 Å². The van der Waals surface area contributed by atoms with Crippen LogP contribution in [0.3, 0.4) is 0 Å². The molecule has 10 nitrogen and oxygen atoms in total. The maximum atomic E-state index is 12.0. The maximum absolute atomic E-state index is 12.0. The molecule has 4 N–H and O–H groups in total. The highest BCUT2D eigenvalue weighted by atomic mass is 16.5. The summed E-state index contributed by atoms with van der Waals surface area (Å²) >= 11 is 0. The minimum absolute atomic E-state index is 0.175. The van der Waals surface area contributed by atoms with Crippen LogP contribution in [-0.2, 0) is 4.74 Å². The molecule has 2 aromatic heterocycles. The lowest BCUT2D eigenvalue weighted by Crippen LogP contribution is -2.44. The van der Waals surface area contributed by atoms with Crippen molar-refractivity contribution in [2.75, 3.05) is 49.0 Å². The Balaban J connectivity index is 1.79. The second kappa shape index (κ2) is 9.70. The van der Waals surface area contributed by atoms with Gasteiger partial charge in [-0.05, 0) is 36.2 Å². The lowest BCUT2D eigenvalue weighted by atomic mass is 10.00. The first-order chi connectivity index (χ1) is 16.0. The molecule has 2 amide bonds. The van der Waals surface area contributed by atoms with E-state index in [1.165, 1.54) is 6.21 Å². The van der Waals surface area contributed by atoms with Crippen LogP contribution in [0.2, 0.25) is 0 Å². The third-order valence-corrected chi connectivity index (χ3v) is 5.69. The number of nitrogens with one attached hydrogen (secondary N) is 4. The van der Waals surface area contributed by atoms with Crippen LogP contribution in [0.1, 0.15) is 12.5 Å². The number of aromatic amines is 1. The monoisotopic (exact) mass is 448 g/mol. The summed E-state index contributed by atoms with van der Waals surface area (Å²) in [5.74, 6) is 2.05. The molecule has 3 aromatic rings. The maximum Gasteiger partial charge on any atom is 0.321 e. The summed E-state index contributed by atoms with van der Waals surface area (Å²) in [5, 5.41) is 20.9. The summed E-state index contributed by atoms with van der Waals surface area (Å²) in [5.41, 5.74) is 3.20. The van der Waals surface area contributed by atoms with Gasteiger partial charge in [-0.3, -0.25) is 10.00 Å². The van der Waals surface area contributed by atoms with Crippen molar-refractivity contribution in [1.29, 1.82) is 5.41 Å². The van der Waals surface area contributed by atoms with Gasteiger partial charge in [-0.25, -0.2) is 9.78 Å². The Morgan fingerprint density at radius 1 is 1.33 bits per heavy atom. The Morgan fingerprint density at radius 3 is 2.76 bits per heavy atom. The Bertz CT molecular complexity index is 1110. The number of rotatable bonds is 6. The van der Waals surface area contributed by atoms with Crippen LogP contribution in [0.25, 0.3) is 11.1 Å². The molecule has 0 spiro atoms. The summed E-state index contributed by atoms with van der Waals surface area (Å²) in [7, 11) is 3.32. The number of carbonyl (C=O) groups is 1. The smallest absolute Gasteiger partial charge is 0.321 e. The van der Waals surface area contributed by atoms with Crippen LogP contribution in [0.15, 0.2) is 42.6 Å². The van der Waals surface area contributed by atoms with Crippen molar-refractivity contribution in [3.63, 3.8) is 0 Å². The van der Waals surface area contributed by atoms with Gasteiger partial charge in [0.1, 0.15) is 17.5 Å². The molecule has 0 saturated carbocycles. The topological polar surface area (TPSA) is 122 Å². The van der Waals surface area contributed by atoms with Gasteiger partial charge >= 0.3 is 6.03 Å². The van der Waals surface area contributed by atoms with Gasteiger partial charge in [0.05, 0.1) is 25.5 Å². The van der Waals surface area contributed by atoms with Crippen molar-refractivity contribution >= 4 is 35.4 Å². The molecule has 1 atom stereocenters. The standard InChI is InChI=1S/C23H28N8O2/c1-15-14-33-11-10-31(15)21-12-18(16-4-6-17(7-5-16)30(3)23(32)25-2)19(13-24)22(28-21)27-20-8-9-26-29-20/h4-9,12-13,15,24H,10-11,14H2,1-3H3,(H,25,32)(H2,26,27,28,29)/t15-/m1/s1. The van der Waals surface area contributed by atoms with E-state index in [0.29, 0.717) is 30.4 Å². The number of pyridine rings is 1. The number of hydrogen-bond acceptors (Lipinski definition) is 7. The summed E-state index contributed by atoms with van der Waals surface area (Å²) in [6, 6.07) is 11.5. The number of nitrogens with zero attached hydrogens (tertiary/aromatic N) is 4. The molecule has 1 saturated heterocycles. The molecule has 1 aliphatic heterocycles. The van der Waals surface area contributed by atoms with E-state index in [-0.39, 0.29) is 12.1 Å². The van der Waals surface area contributed by atoms with Crippen LogP contribution in [0, 0.1) is 5.41 Å². The first kappa shape index (κ1) is 22.3. The third kappa shape index (κ3) is 4.65. The van der Waals surface area contributed by atoms with Gasteiger partial charge in [-0.15, -0.1) is 0 Å². The number of amides is 2. The average molecular weight is 449 g/mol. The van der Waals surface area contributed by atoms with Gasteiger partial charge in [0.15, 0.2) is 0 Å². The first-order valence-electron chi connectivity index (χ1n) is 10.7. The molecule has 1 aromatic carbocycles. The number of carbonyl (C=O) groups excluding carboxylic acids is 1. The van der Waals surface area contributed by atoms with Gasteiger partial charge < -0.3 is 25.7 Å². The van der Waals surface area contributed by atoms with Crippen LogP contribution >= 0.6 is 0 Å². The zero-order valence-electron chi connectivity index (χ0n) is 18.9. The average Bonchev–Trinajstić information content (AvgIpc) is 3.36. The second-order valence-electron chi connectivity index (χ2n) is 7.81. The molecule has 1 fully saturated rings. The highest BCUT2D eigenvalue weighted by Gasteiger charge is 2.23. The number of hydrogen-bond donors (Lipinski definition) is 4. The molecule has 10 heteroatoms. The number of benzene rings is 1. The molecule has 3 heterocycles. The fourth-order valence-corrected chi connectivity index (χ4v) is 3.84. The summed E-state index contributed by atoms with van der Waals surface area (Å²) in [4.78, 5) is 20.6. The SMILES string of the molecule is CNC(=O)N(C)c1ccc(-c2cc(N3CCOC[C@H]3C)nc(Nc3ccn[nH]3)c2C=N)cc1. The van der Waals surface area contributed by atoms with E-state index < -0.39 is 0 Å². The van der Waals surface area contributed by atoms with E-state index in [1.807, 2.05) is 36.4 Å². The van der Waals surface area contributed by atoms with Gasteiger partial charge in [0, 0.05) is 44.2 Å². The summed E-state index contributed by atoms with van der Waals surface area (Å²) < 4.78 is 5.60. The fourth-order valence-electron chi connectivity index (χ4n) is 3.84. The zero-order valence-corrected chi connectivity index (χ0v) is 18.9. The molecular formula is C23H28N8O2. The van der Waals surface area contributed by atoms with Gasteiger partial charge in [0.2, 0.25) is 0 Å². The van der Waals surface area contributed by atoms with E-state index in [0.717, 1.165) is 29.2 Å². The van der Waals surface area contributed by atoms with Crippen molar-refractivity contribution in [3.05, 3.63) is 48.2 Å². The van der Waals surface area contributed by atoms with Gasteiger partial charge in [-0.1, -0.05) is 12.1 Å². The Labute approximate surface area is 192 Å². The molecule has 0 aliphatic carbocycles. The zero-order chi connectivity index (χ0) is 23.4. The molecule has 1 aliphatic rings. The van der Waals surface area contributed by atoms with Gasteiger partial charge in [-0.2, -0.15) is 5.10 Å². The van der Waals surface area contributed by atoms with Crippen LogP contribution in [-0.4, -0.2) is 67.3 Å². The predicted octanol–water partition coefficient (Wildman–Crippen LogP) is 3.21. The minimum atomic E-state index is -0.193. The van der Waals surface area contributed by atoms with E-state index in [2.05, 4.69) is 32.7 Å². The number of H-pyrrole nitrogens is 1. The van der Waals surface area contributed by atoms with Crippen molar-refractivity contribution in [2.45, 2.75) is 13.0 Å². The molecule has 0 bridgehead atoms. The van der Waals surface area contributed by atoms with Crippen LogP contribution < -0.4 is 20.4 Å². The number of urea groups is 1. The normalized spacial score (nSPS) is 15.7. The largest absolute Gasteiger partial charge is 0.377 e. The van der Waals surface area contributed by atoms with E-state index in [4.69, 9.17) is 15.1 Å². The lowest BCUT2D eigenvalue weighted by Gasteiger charge is -2.35. The van der Waals surface area contributed by atoms with Crippen molar-refractivity contribution in [1.82, 2.24) is 20.5 Å². The third-order valence-electron chi connectivity index (χ3n) is 5.69. The minimum Gasteiger partial charge on any atom is -0.377 e. The molecule has 0 unspecified atom stereocenters. The molecule has 172 valence electrons. The number of aromatic nitrogens is 3. The Kier molecular flexibility index (Phi) is 6.55. The van der Waals surface area contributed by atoms with Crippen molar-refractivity contribution < 1.29 is 9.53 Å². The highest BCUT2D eigenvalue weighted by Crippen LogP contribution is 2.34. The van der Waals surface area contributed by atoms with Crippen molar-refractivity contribution in [2.24, 2.45) is 0 Å². The molecular weight excluding hydrogens is 420 g/mol. The predicted molar refractivity (Wildman–Crippen MR) is 130 cm³/mol. The summed E-state index contributed by atoms with van der Waals surface area (Å²) in [6.45, 7) is 4.11. The molecule has 4 rings (SSSR count). The Morgan fingerprint density at radius 2 is 2.12 bits per heavy atom. The van der Waals surface area contributed by atoms with E-state index in [9.17, 15) is 4.79 Å². The first-order valence-corrected chi connectivity index (χ1v) is 10.7. The number of morpholine rings is 1. The van der Waals surface area contributed by atoms with Crippen molar-refractivity contribution in [3.8, 4) is 11.1 Å². The second-order valence-corrected chi connectivity index (χ2v) is 7.81. The highest BCUT2D eigenvalue weighted by molar-refractivity contribution is 5.97. The van der Waals surface area contributed by atoms with E-state index >= 15 is 0 Å². The number of ether oxygens (including phenoxy) is 1. The van der Waals surface area contributed by atoms with Crippen LogP contribution in [0.4, 0.5) is 27.9 Å². The van der Waals surface area contributed by atoms with Crippen LogP contribution in [0.5, 0.6) is 0 Å². The quantitative estimate of drug-likeness (QED) is 0.430. The van der Waals surface area contributed by atoms with E-state index in [1.54, 1.807) is 25.2 Å². The summed E-state index contributed by atoms with van der Waals surface area (Å²) in [6.07, 6.45) is 2.96. The molecule has 0 radical (unpaired) electrons. The lowest BCUT2D eigenvalue weighted by molar-refractivity contribution is 0.0985. The Hall–Kier alpha value is -3.92. The fraction of sp³-hybridized carbons (Fsp3) is 0.304. The number of anilines is 4. The molecule has 33 heavy (non-hydrogen) atoms.